The third-order valence-corrected chi connectivity index (χ3v) is 4.48. The van der Waals surface area contributed by atoms with E-state index in [1.807, 2.05) is 41.7 Å². The third-order valence-electron chi connectivity index (χ3n) is 4.48. The Morgan fingerprint density at radius 1 is 1.33 bits per heavy atom. The van der Waals surface area contributed by atoms with E-state index >= 15 is 0 Å². The molecule has 2 aromatic heterocycles. The Morgan fingerprint density at radius 2 is 2.15 bits per heavy atom. The molecule has 1 N–H and O–H groups in total. The molecule has 8 nitrogen and oxygen atoms in total. The minimum atomic E-state index is -0.216. The summed E-state index contributed by atoms with van der Waals surface area (Å²) >= 11 is 0. The Morgan fingerprint density at radius 3 is 2.81 bits per heavy atom. The molecule has 11 heteroatoms. The Balaban J connectivity index is 1.55. The molecule has 0 spiro atoms. The monoisotopic (exact) mass is 361 g/mol. The molecule has 1 aromatic carbocycles. The number of aryl methyl sites for hydroxylation is 1. The molecule has 3 heterocycles. The maximum Gasteiger partial charge on any atom is 0.270 e. The number of fused-ring (bicyclic) bond motifs is 1. The molecule has 1 aliphatic rings. The zero-order valence-corrected chi connectivity index (χ0v) is 15.7. The minimum Gasteiger partial charge on any atom is -0.491 e. The number of hydrogen-bond donors (Lipinski definition) is 1. The van der Waals surface area contributed by atoms with Gasteiger partial charge in [0, 0.05) is 24.4 Å². The molecular weight excluding hydrogens is 343 g/mol. The third kappa shape index (κ3) is 3.25. The van der Waals surface area contributed by atoms with Crippen molar-refractivity contribution in [1.82, 2.24) is 25.2 Å². The van der Waals surface area contributed by atoms with Gasteiger partial charge in [-0.2, -0.15) is 10.1 Å². The second-order valence-corrected chi connectivity index (χ2v) is 7.60. The second kappa shape index (κ2) is 6.33. The molecule has 1 amide bonds. The van der Waals surface area contributed by atoms with Crippen molar-refractivity contribution in [2.45, 2.75) is 11.2 Å². The van der Waals surface area contributed by atoms with E-state index in [0.29, 0.717) is 29.8 Å². The van der Waals surface area contributed by atoms with Crippen molar-refractivity contribution in [3.63, 3.8) is 0 Å². The summed E-state index contributed by atoms with van der Waals surface area (Å²) < 4.78 is 12.7. The number of nitrogens with one attached hydrogen (secondary N) is 1. The van der Waals surface area contributed by atoms with Crippen molar-refractivity contribution in [2.24, 2.45) is 7.05 Å². The number of benzene rings is 1. The quantitative estimate of drug-likeness (QED) is 0.560. The highest BCUT2D eigenvalue weighted by molar-refractivity contribution is 6.58. The van der Waals surface area contributed by atoms with Crippen LogP contribution in [0.25, 0.3) is 11.4 Å². The van der Waals surface area contributed by atoms with Crippen LogP contribution in [-0.2, 0) is 12.2 Å². The fourth-order valence-electron chi connectivity index (χ4n) is 2.94. The van der Waals surface area contributed by atoms with Crippen LogP contribution in [0.4, 0.5) is 0 Å². The fourth-order valence-corrected chi connectivity index (χ4v) is 2.94. The molecule has 1 aliphatic heterocycles. The first-order valence-corrected chi connectivity index (χ1v) is 8.73. The normalized spacial score (nSPS) is 16.0. The topological polar surface area (TPSA) is 95.1 Å². The van der Waals surface area contributed by atoms with Gasteiger partial charge in [0.15, 0.2) is 0 Å². The predicted octanol–water partition coefficient (Wildman–Crippen LogP) is -1.66. The summed E-state index contributed by atoms with van der Waals surface area (Å²) in [6, 6.07) is 7.18. The molecule has 0 fully saturated rings. The first-order chi connectivity index (χ1) is 12.8. The number of hydrogen-bond acceptors (Lipinski definition) is 6. The molecule has 0 saturated heterocycles. The van der Waals surface area contributed by atoms with Crippen molar-refractivity contribution in [2.75, 3.05) is 6.61 Å². The average molecular weight is 361 g/mol. The Hall–Kier alpha value is -2.97. The van der Waals surface area contributed by atoms with Crippen LogP contribution < -0.4 is 10.1 Å². The molecule has 0 radical (unpaired) electrons. The number of ether oxygens (including phenoxy) is 1. The molecule has 4 rings (SSSR count). The van der Waals surface area contributed by atoms with Crippen LogP contribution in [0.2, 0.25) is 0 Å². The van der Waals surface area contributed by atoms with Gasteiger partial charge in [0.05, 0.1) is 6.04 Å². The summed E-state index contributed by atoms with van der Waals surface area (Å²) in [4.78, 5) is 16.9. The second-order valence-electron chi connectivity index (χ2n) is 7.60. The molecule has 0 unspecified atom stereocenters. The molecular formula is C16H18B3N5O3. The van der Waals surface area contributed by atoms with Crippen LogP contribution in [0.3, 0.4) is 0 Å². The van der Waals surface area contributed by atoms with Crippen LogP contribution in [0.5, 0.6) is 5.75 Å². The van der Waals surface area contributed by atoms with E-state index in [-0.39, 0.29) is 17.1 Å². The first kappa shape index (κ1) is 17.4. The lowest BCUT2D eigenvalue weighted by Crippen LogP contribution is -2.30. The van der Waals surface area contributed by atoms with Crippen LogP contribution in [0.15, 0.2) is 35.0 Å². The van der Waals surface area contributed by atoms with Crippen LogP contribution in [0, 0.1) is 0 Å². The minimum absolute atomic E-state index is 0.187. The van der Waals surface area contributed by atoms with E-state index in [2.05, 4.69) is 20.6 Å². The van der Waals surface area contributed by atoms with Crippen molar-refractivity contribution in [1.29, 1.82) is 0 Å². The highest BCUT2D eigenvalue weighted by Gasteiger charge is 2.28. The van der Waals surface area contributed by atoms with Gasteiger partial charge in [-0.1, -0.05) is 17.3 Å². The van der Waals surface area contributed by atoms with Gasteiger partial charge >= 0.3 is 0 Å². The van der Waals surface area contributed by atoms with Gasteiger partial charge in [-0.3, -0.25) is 9.48 Å². The van der Waals surface area contributed by atoms with Gasteiger partial charge in [0.25, 0.3) is 5.91 Å². The predicted molar refractivity (Wildman–Crippen MR) is 106 cm³/mol. The van der Waals surface area contributed by atoms with Crippen LogP contribution in [0.1, 0.15) is 28.0 Å². The summed E-state index contributed by atoms with van der Waals surface area (Å²) in [6.07, 6.45) is 1.59. The zero-order chi connectivity index (χ0) is 19.2. The van der Waals surface area contributed by atoms with Gasteiger partial charge < -0.3 is 14.6 Å². The lowest BCUT2D eigenvalue weighted by atomic mass is 9.42. The lowest BCUT2D eigenvalue weighted by Gasteiger charge is -2.12. The van der Waals surface area contributed by atoms with Crippen molar-refractivity contribution < 1.29 is 14.1 Å². The standard InChI is InChI=1S/C16H18B3N5O3/c1-24-11(4-5-20-24)14(25)21-10-7-26-12-6-8(2-3-9(10)12)13-22-15(27-23-13)16(17,18)19/h2-6,10H,7,17-19H2,1H3,(H,21,25)/t10-/m1/s1. The van der Waals surface area contributed by atoms with E-state index in [9.17, 15) is 4.79 Å². The Labute approximate surface area is 158 Å². The van der Waals surface area contributed by atoms with Crippen LogP contribution >= 0.6 is 0 Å². The van der Waals surface area contributed by atoms with E-state index in [4.69, 9.17) is 9.26 Å². The summed E-state index contributed by atoms with van der Waals surface area (Å²) in [6.45, 7) is 0.377. The van der Waals surface area contributed by atoms with Crippen molar-refractivity contribution in [3.05, 3.63) is 47.6 Å². The number of carbonyl (C=O) groups excluding carboxylic acids is 1. The maximum absolute atomic E-state index is 12.4. The molecule has 27 heavy (non-hydrogen) atoms. The van der Waals surface area contributed by atoms with E-state index in [1.54, 1.807) is 19.3 Å². The van der Waals surface area contributed by atoms with Gasteiger partial charge in [-0.05, 0) is 17.2 Å². The van der Waals surface area contributed by atoms with E-state index in [1.165, 1.54) is 4.68 Å². The Kier molecular flexibility index (Phi) is 4.09. The fraction of sp³-hybridized carbons (Fsp3) is 0.250. The molecule has 0 saturated carbocycles. The number of aromatic nitrogens is 4. The van der Waals surface area contributed by atoms with Crippen LogP contribution in [-0.4, -0.2) is 56.0 Å². The SMILES string of the molecule is BC(B)(B)c1nc(-c2ccc3c(c2)OC[C@H]3NC(=O)c2ccnn2C)no1. The number of nitrogens with zero attached hydrogens (tertiary/aromatic N) is 4. The highest BCUT2D eigenvalue weighted by atomic mass is 16.5. The van der Waals surface area contributed by atoms with Crippen molar-refractivity contribution >= 4 is 29.4 Å². The maximum atomic E-state index is 12.4. The van der Waals surface area contributed by atoms with Gasteiger partial charge in [0.1, 0.15) is 41.6 Å². The number of amides is 1. The summed E-state index contributed by atoms with van der Waals surface area (Å²) in [5.74, 6) is 1.63. The molecule has 3 aromatic rings. The summed E-state index contributed by atoms with van der Waals surface area (Å²) in [5.41, 5.74) is 2.24. The summed E-state index contributed by atoms with van der Waals surface area (Å²) in [7, 11) is 7.79. The summed E-state index contributed by atoms with van der Waals surface area (Å²) in [5, 5.41) is 10.9. The molecule has 0 bridgehead atoms. The van der Waals surface area contributed by atoms with Crippen molar-refractivity contribution in [3.8, 4) is 17.1 Å². The van der Waals surface area contributed by atoms with E-state index in [0.717, 1.165) is 11.1 Å². The lowest BCUT2D eigenvalue weighted by molar-refractivity contribution is 0.0920. The molecule has 1 atom stereocenters. The zero-order valence-electron chi connectivity index (χ0n) is 15.7. The first-order valence-electron chi connectivity index (χ1n) is 8.73. The van der Waals surface area contributed by atoms with E-state index < -0.39 is 0 Å². The van der Waals surface area contributed by atoms with Gasteiger partial charge in [-0.15, -0.1) is 0 Å². The number of carbonyl (C=O) groups is 1. The van der Waals surface area contributed by atoms with Gasteiger partial charge in [-0.25, -0.2) is 0 Å². The van der Waals surface area contributed by atoms with Gasteiger partial charge in [0.2, 0.25) is 11.7 Å². The Bertz CT molecular complexity index is 1010. The largest absolute Gasteiger partial charge is 0.491 e. The molecule has 134 valence electrons. The highest BCUT2D eigenvalue weighted by Crippen LogP contribution is 2.35. The smallest absolute Gasteiger partial charge is 0.270 e. The number of rotatable bonds is 4. The molecule has 0 aliphatic carbocycles. The average Bonchev–Trinajstić information content (AvgIpc) is 3.33.